The molecule has 1 saturated heterocycles. The van der Waals surface area contributed by atoms with Crippen molar-refractivity contribution >= 4 is 29.2 Å². The van der Waals surface area contributed by atoms with Crippen LogP contribution < -0.4 is 16.0 Å². The Morgan fingerprint density at radius 3 is 2.50 bits per heavy atom. The average molecular weight is 352 g/mol. The summed E-state index contributed by atoms with van der Waals surface area (Å²) >= 11 is 5.92. The highest BCUT2D eigenvalue weighted by Crippen LogP contribution is 2.19. The number of amides is 1. The summed E-state index contributed by atoms with van der Waals surface area (Å²) < 4.78 is 0. The van der Waals surface area contributed by atoms with Gasteiger partial charge in [0.1, 0.15) is 6.54 Å². The quantitative estimate of drug-likeness (QED) is 0.625. The van der Waals surface area contributed by atoms with E-state index >= 15 is 0 Å². The van der Waals surface area contributed by atoms with E-state index in [1.807, 2.05) is 36.1 Å². The van der Waals surface area contributed by atoms with Crippen molar-refractivity contribution in [2.75, 3.05) is 37.6 Å². The Morgan fingerprint density at radius 2 is 1.92 bits per heavy atom. The molecule has 1 fully saturated rings. The van der Waals surface area contributed by atoms with E-state index in [9.17, 15) is 4.79 Å². The molecule has 1 heterocycles. The van der Waals surface area contributed by atoms with Crippen LogP contribution in [0.2, 0.25) is 5.02 Å². The number of hydrogen-bond donors (Lipinski definition) is 2. The summed E-state index contributed by atoms with van der Waals surface area (Å²) in [6.07, 6.45) is 0.955. The van der Waals surface area contributed by atoms with Crippen molar-refractivity contribution in [2.45, 2.75) is 26.3 Å². The van der Waals surface area contributed by atoms with Crippen molar-refractivity contribution in [3.63, 3.8) is 0 Å². The number of hydrogen-bond acceptors (Lipinski definition) is 3. The largest absolute Gasteiger partial charge is 0.370 e. The fourth-order valence-electron chi connectivity index (χ4n) is 2.52. The summed E-state index contributed by atoms with van der Waals surface area (Å²) in [5.41, 5.74) is 6.92. The van der Waals surface area contributed by atoms with Gasteiger partial charge in [0, 0.05) is 42.9 Å². The SMILES string of the molecule is CCC(C)NC(N)=NCC(=O)N1CCN(c2ccc(Cl)cc2)CC1. The van der Waals surface area contributed by atoms with Crippen LogP contribution in [0.1, 0.15) is 20.3 Å². The van der Waals surface area contributed by atoms with Crippen molar-refractivity contribution in [3.8, 4) is 0 Å². The van der Waals surface area contributed by atoms with Gasteiger partial charge < -0.3 is 20.9 Å². The number of nitrogens with one attached hydrogen (secondary N) is 1. The molecule has 3 N–H and O–H groups in total. The second kappa shape index (κ2) is 8.78. The predicted octanol–water partition coefficient (Wildman–Crippen LogP) is 1.69. The maximum absolute atomic E-state index is 12.2. The van der Waals surface area contributed by atoms with Crippen LogP contribution in [0.3, 0.4) is 0 Å². The van der Waals surface area contributed by atoms with E-state index in [0.717, 1.165) is 30.2 Å². The lowest BCUT2D eigenvalue weighted by Gasteiger charge is -2.36. The number of rotatable bonds is 5. The highest BCUT2D eigenvalue weighted by atomic mass is 35.5. The van der Waals surface area contributed by atoms with Crippen molar-refractivity contribution in [3.05, 3.63) is 29.3 Å². The Balaban J connectivity index is 1.80. The smallest absolute Gasteiger partial charge is 0.244 e. The van der Waals surface area contributed by atoms with E-state index in [0.29, 0.717) is 19.0 Å². The lowest BCUT2D eigenvalue weighted by atomic mass is 10.2. The molecule has 0 spiro atoms. The van der Waals surface area contributed by atoms with Gasteiger partial charge >= 0.3 is 0 Å². The first kappa shape index (κ1) is 18.4. The Hall–Kier alpha value is -1.95. The predicted molar refractivity (Wildman–Crippen MR) is 99.6 cm³/mol. The number of nitrogens with two attached hydrogens (primary N) is 1. The number of nitrogens with zero attached hydrogens (tertiary/aromatic N) is 3. The molecular formula is C17H26ClN5O. The number of benzene rings is 1. The van der Waals surface area contributed by atoms with Gasteiger partial charge in [0.05, 0.1) is 0 Å². The molecule has 24 heavy (non-hydrogen) atoms. The topological polar surface area (TPSA) is 74.0 Å². The lowest BCUT2D eigenvalue weighted by molar-refractivity contribution is -0.129. The normalized spacial score (nSPS) is 16.9. The molecule has 1 unspecified atom stereocenters. The second-order valence-electron chi connectivity index (χ2n) is 6.00. The molecule has 1 amide bonds. The second-order valence-corrected chi connectivity index (χ2v) is 6.44. The zero-order valence-corrected chi connectivity index (χ0v) is 15.1. The fraction of sp³-hybridized carbons (Fsp3) is 0.529. The van der Waals surface area contributed by atoms with Crippen LogP contribution in [0.4, 0.5) is 5.69 Å². The molecule has 7 heteroatoms. The summed E-state index contributed by atoms with van der Waals surface area (Å²) in [5.74, 6) is 0.345. The van der Waals surface area contributed by atoms with Crippen molar-refractivity contribution < 1.29 is 4.79 Å². The first-order valence-corrected chi connectivity index (χ1v) is 8.72. The van der Waals surface area contributed by atoms with Crippen LogP contribution in [-0.4, -0.2) is 55.5 Å². The van der Waals surface area contributed by atoms with Crippen LogP contribution in [0.5, 0.6) is 0 Å². The molecule has 0 bridgehead atoms. The first-order valence-electron chi connectivity index (χ1n) is 8.34. The maximum Gasteiger partial charge on any atom is 0.244 e. The summed E-state index contributed by atoms with van der Waals surface area (Å²) in [6, 6.07) is 8.04. The third-order valence-corrected chi connectivity index (χ3v) is 4.47. The molecule has 2 rings (SSSR count). The average Bonchev–Trinajstić information content (AvgIpc) is 2.60. The fourth-order valence-corrected chi connectivity index (χ4v) is 2.64. The summed E-state index contributed by atoms with van der Waals surface area (Å²) in [4.78, 5) is 20.5. The summed E-state index contributed by atoms with van der Waals surface area (Å²) in [7, 11) is 0. The Labute approximate surface area is 148 Å². The molecule has 0 aromatic heterocycles. The van der Waals surface area contributed by atoms with E-state index in [4.69, 9.17) is 17.3 Å². The highest BCUT2D eigenvalue weighted by Gasteiger charge is 2.21. The number of carbonyl (C=O) groups excluding carboxylic acids is 1. The Morgan fingerprint density at radius 1 is 1.29 bits per heavy atom. The standard InChI is InChI=1S/C17H26ClN5O/c1-3-13(2)21-17(19)20-12-16(24)23-10-8-22(9-11-23)15-6-4-14(18)5-7-15/h4-7,13H,3,8-12H2,1-2H3,(H3,19,20,21). The zero-order valence-electron chi connectivity index (χ0n) is 14.3. The van der Waals surface area contributed by atoms with E-state index in [-0.39, 0.29) is 18.5 Å². The van der Waals surface area contributed by atoms with Gasteiger partial charge in [0.2, 0.25) is 5.91 Å². The third-order valence-electron chi connectivity index (χ3n) is 4.22. The van der Waals surface area contributed by atoms with Crippen LogP contribution in [-0.2, 0) is 4.79 Å². The minimum Gasteiger partial charge on any atom is -0.370 e. The van der Waals surface area contributed by atoms with Gasteiger partial charge in [-0.1, -0.05) is 18.5 Å². The van der Waals surface area contributed by atoms with Crippen LogP contribution in [0.25, 0.3) is 0 Å². The molecule has 132 valence electrons. The highest BCUT2D eigenvalue weighted by molar-refractivity contribution is 6.30. The van der Waals surface area contributed by atoms with Gasteiger partial charge in [-0.25, -0.2) is 4.99 Å². The Kier molecular flexibility index (Phi) is 6.73. The van der Waals surface area contributed by atoms with Crippen LogP contribution in [0.15, 0.2) is 29.3 Å². The number of anilines is 1. The van der Waals surface area contributed by atoms with Crippen LogP contribution >= 0.6 is 11.6 Å². The van der Waals surface area contributed by atoms with Crippen LogP contribution in [0, 0.1) is 0 Å². The molecule has 1 aromatic rings. The number of guanidine groups is 1. The number of halogens is 1. The van der Waals surface area contributed by atoms with Gasteiger partial charge in [-0.05, 0) is 37.6 Å². The van der Waals surface area contributed by atoms with E-state index in [2.05, 4.69) is 22.1 Å². The van der Waals surface area contributed by atoms with E-state index in [1.165, 1.54) is 0 Å². The molecule has 0 saturated carbocycles. The monoisotopic (exact) mass is 351 g/mol. The molecular weight excluding hydrogens is 326 g/mol. The van der Waals surface area contributed by atoms with Crippen molar-refractivity contribution in [1.82, 2.24) is 10.2 Å². The molecule has 1 atom stereocenters. The van der Waals surface area contributed by atoms with Gasteiger partial charge in [0.15, 0.2) is 5.96 Å². The van der Waals surface area contributed by atoms with Gasteiger partial charge in [-0.3, -0.25) is 4.79 Å². The maximum atomic E-state index is 12.2. The van der Waals surface area contributed by atoms with Gasteiger partial charge in [-0.15, -0.1) is 0 Å². The molecule has 6 nitrogen and oxygen atoms in total. The third kappa shape index (κ3) is 5.30. The van der Waals surface area contributed by atoms with E-state index < -0.39 is 0 Å². The zero-order chi connectivity index (χ0) is 17.5. The Bertz CT molecular complexity index is 567. The van der Waals surface area contributed by atoms with E-state index in [1.54, 1.807) is 0 Å². The van der Waals surface area contributed by atoms with Crippen molar-refractivity contribution in [2.24, 2.45) is 10.7 Å². The lowest BCUT2D eigenvalue weighted by Crippen LogP contribution is -2.49. The minimum absolute atomic E-state index is 0.0136. The van der Waals surface area contributed by atoms with Crippen molar-refractivity contribution in [1.29, 1.82) is 0 Å². The number of aliphatic imine (C=N–C) groups is 1. The first-order chi connectivity index (χ1) is 11.5. The number of carbonyl (C=O) groups is 1. The molecule has 1 aliphatic heterocycles. The molecule has 0 radical (unpaired) electrons. The minimum atomic E-state index is 0.0136. The molecule has 1 aliphatic rings. The molecule has 0 aliphatic carbocycles. The molecule has 1 aromatic carbocycles. The summed E-state index contributed by atoms with van der Waals surface area (Å²) in [5, 5.41) is 3.79. The van der Waals surface area contributed by atoms with Gasteiger partial charge in [0.25, 0.3) is 0 Å². The van der Waals surface area contributed by atoms with Gasteiger partial charge in [-0.2, -0.15) is 0 Å². The number of piperazine rings is 1. The summed E-state index contributed by atoms with van der Waals surface area (Å²) in [6.45, 7) is 7.17.